The first-order valence-corrected chi connectivity index (χ1v) is 7.91. The van der Waals surface area contributed by atoms with Crippen LogP contribution >= 0.6 is 0 Å². The van der Waals surface area contributed by atoms with Crippen LogP contribution < -0.4 is 0 Å². The third-order valence-electron chi connectivity index (χ3n) is 3.35. The molecule has 0 bridgehead atoms. The molecule has 1 aliphatic heterocycles. The maximum absolute atomic E-state index is 5.56. The van der Waals surface area contributed by atoms with Gasteiger partial charge >= 0.3 is 0 Å². The molecule has 0 saturated carbocycles. The first-order chi connectivity index (χ1) is 10.9. The molecule has 0 atom stereocenters. The van der Waals surface area contributed by atoms with Crippen molar-refractivity contribution in [2.75, 3.05) is 79.0 Å². The largest absolute Gasteiger partial charge is 0.377 e. The molecule has 1 saturated heterocycles. The topological polar surface area (TPSA) is 43.4 Å². The van der Waals surface area contributed by atoms with Crippen molar-refractivity contribution in [1.82, 2.24) is 9.80 Å². The number of ether oxygens (including phenoxy) is 4. The van der Waals surface area contributed by atoms with E-state index in [9.17, 15) is 0 Å². The van der Waals surface area contributed by atoms with Gasteiger partial charge in [0.25, 0.3) is 0 Å². The van der Waals surface area contributed by atoms with Crippen LogP contribution in [0.2, 0.25) is 0 Å². The fourth-order valence-corrected chi connectivity index (χ4v) is 1.96. The van der Waals surface area contributed by atoms with Gasteiger partial charge in [-0.25, -0.2) is 0 Å². The maximum atomic E-state index is 5.56. The zero-order chi connectivity index (χ0) is 15.9. The van der Waals surface area contributed by atoms with Crippen LogP contribution in [-0.4, -0.2) is 88.8 Å². The van der Waals surface area contributed by atoms with Crippen LogP contribution in [0.15, 0.2) is 25.6 Å². The fourth-order valence-electron chi connectivity index (χ4n) is 1.96. The Morgan fingerprint density at radius 3 is 1.00 bits per heavy atom. The summed E-state index contributed by atoms with van der Waals surface area (Å²) in [7, 11) is 0. The lowest BCUT2D eigenvalue weighted by Gasteiger charge is -2.21. The Kier molecular flexibility index (Phi) is 11.7. The molecule has 0 spiro atoms. The molecule has 1 heterocycles. The van der Waals surface area contributed by atoms with Gasteiger partial charge in [0.1, 0.15) is 0 Å². The van der Waals surface area contributed by atoms with E-state index >= 15 is 0 Å². The van der Waals surface area contributed by atoms with Gasteiger partial charge in [0, 0.05) is 26.2 Å². The van der Waals surface area contributed by atoms with E-state index in [4.69, 9.17) is 18.9 Å². The second-order valence-electron chi connectivity index (χ2n) is 4.89. The third kappa shape index (κ3) is 9.78. The number of nitrogens with zero attached hydrogens (tertiary/aromatic N) is 2. The summed E-state index contributed by atoms with van der Waals surface area (Å²) in [5, 5.41) is 0. The van der Waals surface area contributed by atoms with Crippen molar-refractivity contribution in [2.45, 2.75) is 0 Å². The SMILES string of the molecule is C=CN1CCOCCOCCN(C=C)CCOCCOCC1. The lowest BCUT2D eigenvalue weighted by molar-refractivity contribution is 0.0179. The Morgan fingerprint density at radius 1 is 0.500 bits per heavy atom. The van der Waals surface area contributed by atoms with E-state index in [0.717, 1.165) is 26.2 Å². The lowest BCUT2D eigenvalue weighted by Crippen LogP contribution is -2.28. The highest BCUT2D eigenvalue weighted by molar-refractivity contribution is 4.71. The number of rotatable bonds is 2. The summed E-state index contributed by atoms with van der Waals surface area (Å²) >= 11 is 0. The molecule has 6 nitrogen and oxygen atoms in total. The van der Waals surface area contributed by atoms with Crippen LogP contribution in [0.3, 0.4) is 0 Å². The maximum Gasteiger partial charge on any atom is 0.0701 e. The normalized spacial score (nSPS) is 21.6. The summed E-state index contributed by atoms with van der Waals surface area (Å²) in [6.07, 6.45) is 3.64. The van der Waals surface area contributed by atoms with E-state index in [0.29, 0.717) is 52.9 Å². The van der Waals surface area contributed by atoms with Gasteiger partial charge in [0.15, 0.2) is 0 Å². The van der Waals surface area contributed by atoms with Gasteiger partial charge in [-0.15, -0.1) is 0 Å². The molecule has 0 radical (unpaired) electrons. The minimum atomic E-state index is 0.610. The third-order valence-corrected chi connectivity index (χ3v) is 3.35. The molecular formula is C16H30N2O4. The van der Waals surface area contributed by atoms with Gasteiger partial charge in [-0.1, -0.05) is 13.2 Å². The summed E-state index contributed by atoms with van der Waals surface area (Å²) in [5.41, 5.74) is 0. The summed E-state index contributed by atoms with van der Waals surface area (Å²) in [6, 6.07) is 0. The smallest absolute Gasteiger partial charge is 0.0701 e. The Labute approximate surface area is 134 Å². The Balaban J connectivity index is 2.27. The van der Waals surface area contributed by atoms with Crippen molar-refractivity contribution in [3.8, 4) is 0 Å². The average molecular weight is 314 g/mol. The number of hydrogen-bond acceptors (Lipinski definition) is 6. The summed E-state index contributed by atoms with van der Waals surface area (Å²) < 4.78 is 22.2. The standard InChI is InChI=1S/C16H30N2O4/c1-3-17-5-9-19-13-15-21-11-7-18(4-2)8-12-22-16-14-20-10-6-17/h3-4H,1-2,5-16H2. The molecular weight excluding hydrogens is 284 g/mol. The zero-order valence-electron chi connectivity index (χ0n) is 13.6. The molecule has 0 amide bonds. The quantitative estimate of drug-likeness (QED) is 0.756. The number of hydrogen-bond donors (Lipinski definition) is 0. The van der Waals surface area contributed by atoms with Gasteiger partial charge in [0.05, 0.1) is 52.9 Å². The highest BCUT2D eigenvalue weighted by atomic mass is 16.5. The molecule has 0 unspecified atom stereocenters. The molecule has 128 valence electrons. The summed E-state index contributed by atoms with van der Waals surface area (Å²) in [5.74, 6) is 0. The van der Waals surface area contributed by atoms with Crippen LogP contribution in [-0.2, 0) is 18.9 Å². The van der Waals surface area contributed by atoms with Gasteiger partial charge in [-0.2, -0.15) is 0 Å². The Morgan fingerprint density at radius 2 is 0.773 bits per heavy atom. The van der Waals surface area contributed by atoms with E-state index in [1.807, 2.05) is 12.4 Å². The van der Waals surface area contributed by atoms with E-state index in [-0.39, 0.29) is 0 Å². The molecule has 0 N–H and O–H groups in total. The highest BCUT2D eigenvalue weighted by Gasteiger charge is 2.02. The molecule has 22 heavy (non-hydrogen) atoms. The molecule has 1 aliphatic rings. The first-order valence-electron chi connectivity index (χ1n) is 7.91. The van der Waals surface area contributed by atoms with Crippen LogP contribution in [0.25, 0.3) is 0 Å². The molecule has 1 fully saturated rings. The Hall–Kier alpha value is -1.08. The van der Waals surface area contributed by atoms with Crippen molar-refractivity contribution in [3.63, 3.8) is 0 Å². The Bertz CT molecular complexity index is 241. The lowest BCUT2D eigenvalue weighted by atomic mass is 10.5. The van der Waals surface area contributed by atoms with Crippen LogP contribution in [0.1, 0.15) is 0 Å². The van der Waals surface area contributed by atoms with Gasteiger partial charge < -0.3 is 28.7 Å². The van der Waals surface area contributed by atoms with E-state index in [1.54, 1.807) is 0 Å². The van der Waals surface area contributed by atoms with Crippen molar-refractivity contribution in [2.24, 2.45) is 0 Å². The monoisotopic (exact) mass is 314 g/mol. The zero-order valence-corrected chi connectivity index (χ0v) is 13.6. The molecule has 0 aromatic carbocycles. The van der Waals surface area contributed by atoms with Crippen LogP contribution in [0.5, 0.6) is 0 Å². The highest BCUT2D eigenvalue weighted by Crippen LogP contribution is 1.93. The minimum absolute atomic E-state index is 0.610. The second kappa shape index (κ2) is 13.6. The van der Waals surface area contributed by atoms with Gasteiger partial charge in [0.2, 0.25) is 0 Å². The molecule has 0 aromatic rings. The summed E-state index contributed by atoms with van der Waals surface area (Å²) in [4.78, 5) is 4.18. The molecule has 1 rings (SSSR count). The van der Waals surface area contributed by atoms with Crippen LogP contribution in [0, 0.1) is 0 Å². The first kappa shape index (κ1) is 19.0. The van der Waals surface area contributed by atoms with E-state index in [1.165, 1.54) is 0 Å². The van der Waals surface area contributed by atoms with E-state index < -0.39 is 0 Å². The molecule has 0 aliphatic carbocycles. The molecule has 0 aromatic heterocycles. The van der Waals surface area contributed by atoms with Crippen molar-refractivity contribution in [3.05, 3.63) is 25.6 Å². The van der Waals surface area contributed by atoms with E-state index in [2.05, 4.69) is 23.0 Å². The fraction of sp³-hybridized carbons (Fsp3) is 0.750. The molecule has 6 heteroatoms. The minimum Gasteiger partial charge on any atom is -0.377 e. The van der Waals surface area contributed by atoms with Crippen LogP contribution in [0.4, 0.5) is 0 Å². The second-order valence-corrected chi connectivity index (χ2v) is 4.89. The average Bonchev–Trinajstić information content (AvgIpc) is 2.54. The van der Waals surface area contributed by atoms with Gasteiger partial charge in [-0.05, 0) is 12.4 Å². The van der Waals surface area contributed by atoms with Crippen molar-refractivity contribution >= 4 is 0 Å². The van der Waals surface area contributed by atoms with Gasteiger partial charge in [-0.3, -0.25) is 0 Å². The predicted octanol–water partition coefficient (Wildman–Crippen LogP) is 0.957. The predicted molar refractivity (Wildman–Crippen MR) is 86.8 cm³/mol. The van der Waals surface area contributed by atoms with Crippen molar-refractivity contribution < 1.29 is 18.9 Å². The summed E-state index contributed by atoms with van der Waals surface area (Å²) in [6.45, 7) is 16.0. The van der Waals surface area contributed by atoms with Crippen molar-refractivity contribution in [1.29, 1.82) is 0 Å².